The fourth-order valence-corrected chi connectivity index (χ4v) is 2.03. The van der Waals surface area contributed by atoms with E-state index in [1.54, 1.807) is 18.1 Å². The molecule has 0 aliphatic rings. The Labute approximate surface area is 115 Å². The Hall–Kier alpha value is -1.49. The minimum Gasteiger partial charge on any atom is -0.397 e. The van der Waals surface area contributed by atoms with Gasteiger partial charge in [0.1, 0.15) is 5.69 Å². The molecule has 0 aliphatic carbocycles. The third kappa shape index (κ3) is 3.73. The quantitative estimate of drug-likeness (QED) is 0.859. The molecule has 5 heteroatoms. The molecule has 5 nitrogen and oxygen atoms in total. The first-order chi connectivity index (χ1) is 8.88. The number of hydrogen-bond acceptors (Lipinski definition) is 3. The molecule has 0 saturated heterocycles. The maximum Gasteiger partial charge on any atom is 0.270 e. The normalized spacial score (nSPS) is 11.3. The van der Waals surface area contributed by atoms with Crippen LogP contribution >= 0.6 is 0 Å². The number of nitrogen functional groups attached to an aromatic ring is 1. The molecule has 1 amide bonds. The summed E-state index contributed by atoms with van der Waals surface area (Å²) in [7, 11) is 1.64. The highest BCUT2D eigenvalue weighted by molar-refractivity contribution is 5.94. The molecule has 1 heterocycles. The van der Waals surface area contributed by atoms with Crippen molar-refractivity contribution in [2.24, 2.45) is 0 Å². The van der Waals surface area contributed by atoms with Crippen LogP contribution in [0.25, 0.3) is 0 Å². The first-order valence-corrected chi connectivity index (χ1v) is 6.65. The summed E-state index contributed by atoms with van der Waals surface area (Å²) in [4.78, 5) is 14.4. The Morgan fingerprint density at radius 3 is 2.53 bits per heavy atom. The van der Waals surface area contributed by atoms with Crippen molar-refractivity contribution in [2.75, 3.05) is 26.0 Å². The summed E-state index contributed by atoms with van der Waals surface area (Å²) in [5.74, 6) is -0.00236. The molecule has 0 spiro atoms. The summed E-state index contributed by atoms with van der Waals surface area (Å²) < 4.78 is 6.98. The van der Waals surface area contributed by atoms with Gasteiger partial charge in [-0.2, -0.15) is 0 Å². The van der Waals surface area contributed by atoms with Crippen molar-refractivity contribution in [3.05, 3.63) is 18.0 Å². The van der Waals surface area contributed by atoms with Crippen molar-refractivity contribution in [2.45, 2.75) is 39.8 Å². The number of hydrogen-bond donors (Lipinski definition) is 1. The number of rotatable bonds is 6. The number of carbonyl (C=O) groups excluding carboxylic acids is 1. The molecule has 0 fully saturated rings. The molecular weight excluding hydrogens is 242 g/mol. The van der Waals surface area contributed by atoms with Gasteiger partial charge in [0.05, 0.1) is 12.3 Å². The number of amides is 1. The number of nitrogens with zero attached hydrogens (tertiary/aromatic N) is 2. The van der Waals surface area contributed by atoms with Crippen molar-refractivity contribution in [3.8, 4) is 0 Å². The fraction of sp³-hybridized carbons (Fsp3) is 0.643. The minimum absolute atomic E-state index is 0.00236. The van der Waals surface area contributed by atoms with Crippen molar-refractivity contribution in [3.63, 3.8) is 0 Å². The number of nitrogens with two attached hydrogens (primary N) is 1. The van der Waals surface area contributed by atoms with Crippen LogP contribution in [0.5, 0.6) is 0 Å². The maximum absolute atomic E-state index is 12.6. The second-order valence-corrected chi connectivity index (χ2v) is 5.24. The second kappa shape index (κ2) is 6.61. The largest absolute Gasteiger partial charge is 0.397 e. The topological polar surface area (TPSA) is 60.5 Å². The SMILES string of the molecule is COCCN(C(=O)c1cc(N)cn1C(C)C)C(C)C. The highest BCUT2D eigenvalue weighted by atomic mass is 16.5. The van der Waals surface area contributed by atoms with Gasteiger partial charge in [0.25, 0.3) is 5.91 Å². The van der Waals surface area contributed by atoms with Gasteiger partial charge in [0, 0.05) is 31.9 Å². The van der Waals surface area contributed by atoms with Crippen LogP contribution < -0.4 is 5.73 Å². The zero-order chi connectivity index (χ0) is 14.6. The molecule has 0 aliphatic heterocycles. The van der Waals surface area contributed by atoms with Gasteiger partial charge in [0.15, 0.2) is 0 Å². The van der Waals surface area contributed by atoms with Crippen LogP contribution in [0.4, 0.5) is 5.69 Å². The third-order valence-corrected chi connectivity index (χ3v) is 3.07. The average molecular weight is 267 g/mol. The number of ether oxygens (including phenoxy) is 1. The molecule has 0 unspecified atom stereocenters. The molecule has 0 saturated carbocycles. The second-order valence-electron chi connectivity index (χ2n) is 5.24. The number of aromatic nitrogens is 1. The van der Waals surface area contributed by atoms with E-state index in [1.807, 2.05) is 38.5 Å². The van der Waals surface area contributed by atoms with Gasteiger partial charge in [-0.3, -0.25) is 4.79 Å². The van der Waals surface area contributed by atoms with Crippen molar-refractivity contribution in [1.82, 2.24) is 9.47 Å². The highest BCUT2D eigenvalue weighted by Crippen LogP contribution is 2.19. The van der Waals surface area contributed by atoms with Gasteiger partial charge < -0.3 is 19.9 Å². The molecule has 1 aromatic rings. The van der Waals surface area contributed by atoms with E-state index in [2.05, 4.69) is 0 Å². The zero-order valence-corrected chi connectivity index (χ0v) is 12.5. The summed E-state index contributed by atoms with van der Waals surface area (Å²) >= 11 is 0. The Kier molecular flexibility index (Phi) is 5.42. The molecule has 2 N–H and O–H groups in total. The standard InChI is InChI=1S/C14H25N3O2/c1-10(2)16(6-7-19-5)14(18)13-8-12(15)9-17(13)11(3)4/h8-11H,6-7,15H2,1-5H3. The molecule has 0 atom stereocenters. The summed E-state index contributed by atoms with van der Waals surface area (Å²) in [6.45, 7) is 9.17. The molecule has 108 valence electrons. The third-order valence-electron chi connectivity index (χ3n) is 3.07. The molecule has 0 aromatic carbocycles. The molecule has 19 heavy (non-hydrogen) atoms. The highest BCUT2D eigenvalue weighted by Gasteiger charge is 2.22. The molecule has 0 bridgehead atoms. The van der Waals surface area contributed by atoms with Crippen LogP contribution in [0, 0.1) is 0 Å². The van der Waals surface area contributed by atoms with E-state index in [4.69, 9.17) is 10.5 Å². The van der Waals surface area contributed by atoms with E-state index in [-0.39, 0.29) is 18.0 Å². The zero-order valence-electron chi connectivity index (χ0n) is 12.5. The van der Waals surface area contributed by atoms with E-state index >= 15 is 0 Å². The van der Waals surface area contributed by atoms with Crippen LogP contribution in [-0.2, 0) is 4.74 Å². The fourth-order valence-electron chi connectivity index (χ4n) is 2.03. The maximum atomic E-state index is 12.6. The van der Waals surface area contributed by atoms with Crippen molar-refractivity contribution in [1.29, 1.82) is 0 Å². The van der Waals surface area contributed by atoms with E-state index < -0.39 is 0 Å². The summed E-state index contributed by atoms with van der Waals surface area (Å²) in [6, 6.07) is 2.07. The van der Waals surface area contributed by atoms with Crippen molar-refractivity contribution >= 4 is 11.6 Å². The van der Waals surface area contributed by atoms with Crippen LogP contribution in [0.3, 0.4) is 0 Å². The van der Waals surface area contributed by atoms with Gasteiger partial charge in [-0.1, -0.05) is 0 Å². The van der Waals surface area contributed by atoms with Crippen LogP contribution in [0.1, 0.15) is 44.2 Å². The lowest BCUT2D eigenvalue weighted by Gasteiger charge is -2.27. The first kappa shape index (κ1) is 15.6. The molecular formula is C14H25N3O2. The van der Waals surface area contributed by atoms with Crippen LogP contribution in [-0.4, -0.2) is 41.7 Å². The Morgan fingerprint density at radius 2 is 2.05 bits per heavy atom. The summed E-state index contributed by atoms with van der Waals surface area (Å²) in [5, 5.41) is 0. The van der Waals surface area contributed by atoms with Crippen molar-refractivity contribution < 1.29 is 9.53 Å². The first-order valence-electron chi connectivity index (χ1n) is 6.65. The predicted molar refractivity (Wildman–Crippen MR) is 77.3 cm³/mol. The monoisotopic (exact) mass is 267 g/mol. The van der Waals surface area contributed by atoms with Gasteiger partial charge in [-0.25, -0.2) is 0 Å². The van der Waals surface area contributed by atoms with E-state index in [9.17, 15) is 4.79 Å². The molecule has 0 radical (unpaired) electrons. The van der Waals surface area contributed by atoms with Gasteiger partial charge in [-0.05, 0) is 33.8 Å². The number of methoxy groups -OCH3 is 1. The smallest absolute Gasteiger partial charge is 0.270 e. The van der Waals surface area contributed by atoms with Gasteiger partial charge in [-0.15, -0.1) is 0 Å². The van der Waals surface area contributed by atoms with Crippen LogP contribution in [0.15, 0.2) is 12.3 Å². The Balaban J connectivity index is 3.02. The number of carbonyl (C=O) groups is 1. The summed E-state index contributed by atoms with van der Waals surface area (Å²) in [6.07, 6.45) is 1.81. The Bertz CT molecular complexity index is 424. The molecule has 1 aromatic heterocycles. The lowest BCUT2D eigenvalue weighted by Crippen LogP contribution is -2.40. The summed E-state index contributed by atoms with van der Waals surface area (Å²) in [5.41, 5.74) is 7.07. The van der Waals surface area contributed by atoms with Gasteiger partial charge >= 0.3 is 0 Å². The lowest BCUT2D eigenvalue weighted by atomic mass is 10.2. The average Bonchev–Trinajstić information content (AvgIpc) is 2.71. The van der Waals surface area contributed by atoms with E-state index in [1.165, 1.54) is 0 Å². The minimum atomic E-state index is -0.00236. The Morgan fingerprint density at radius 1 is 1.42 bits per heavy atom. The van der Waals surface area contributed by atoms with E-state index in [0.717, 1.165) is 0 Å². The number of anilines is 1. The molecule has 1 rings (SSSR count). The van der Waals surface area contributed by atoms with Gasteiger partial charge in [0.2, 0.25) is 0 Å². The van der Waals surface area contributed by atoms with E-state index in [0.29, 0.717) is 24.5 Å². The lowest BCUT2D eigenvalue weighted by molar-refractivity contribution is 0.0623. The van der Waals surface area contributed by atoms with Crippen LogP contribution in [0.2, 0.25) is 0 Å². The predicted octanol–water partition coefficient (Wildman–Crippen LogP) is 2.15.